The van der Waals surface area contributed by atoms with Gasteiger partial charge in [0.25, 0.3) is 0 Å². The van der Waals surface area contributed by atoms with Crippen LogP contribution in [-0.4, -0.2) is 23.7 Å². The highest BCUT2D eigenvalue weighted by Gasteiger charge is 2.12. The lowest BCUT2D eigenvalue weighted by Gasteiger charge is -2.15. The van der Waals surface area contributed by atoms with Gasteiger partial charge in [0, 0.05) is 19.4 Å². The number of H-pyrrole nitrogens is 1. The average molecular weight is 242 g/mol. The fourth-order valence-corrected chi connectivity index (χ4v) is 1.75. The number of aromatic nitrogens is 2. The molecule has 90 valence electrons. The molecule has 0 aliphatic carbocycles. The van der Waals surface area contributed by atoms with Crippen LogP contribution in [0.15, 0.2) is 6.07 Å². The molecule has 0 aromatic carbocycles. The molecule has 16 heavy (non-hydrogen) atoms. The van der Waals surface area contributed by atoms with Gasteiger partial charge in [-0.15, -0.1) is 0 Å². The lowest BCUT2D eigenvalue weighted by molar-refractivity contribution is 0.0528. The first-order valence-electron chi connectivity index (χ1n) is 5.41. The monoisotopic (exact) mass is 242 g/mol. The second-order valence-electron chi connectivity index (χ2n) is 3.42. The van der Waals surface area contributed by atoms with E-state index in [2.05, 4.69) is 16.9 Å². The summed E-state index contributed by atoms with van der Waals surface area (Å²) in [6.07, 6.45) is 0.839. The van der Waals surface area contributed by atoms with Crippen LogP contribution in [0.2, 0.25) is 0 Å². The molecule has 1 aromatic rings. The molecule has 1 heterocycles. The van der Waals surface area contributed by atoms with Crippen molar-refractivity contribution >= 4 is 12.2 Å². The highest BCUT2D eigenvalue weighted by molar-refractivity contribution is 7.71. The maximum atomic E-state index is 5.58. The number of hydrogen-bond donors (Lipinski definition) is 1. The summed E-state index contributed by atoms with van der Waals surface area (Å²) in [5.74, 6) is 0.781. The molecule has 1 atom stereocenters. The van der Waals surface area contributed by atoms with E-state index in [4.69, 9.17) is 21.7 Å². The molecule has 0 radical (unpaired) electrons. The molecule has 4 nitrogen and oxygen atoms in total. The molecule has 1 rings (SSSR count). The van der Waals surface area contributed by atoms with Gasteiger partial charge in [0.2, 0.25) is 0 Å². The minimum Gasteiger partial charge on any atom is -0.378 e. The Kier molecular flexibility index (Phi) is 5.59. The summed E-state index contributed by atoms with van der Waals surface area (Å²) in [4.78, 5) is 7.48. The molecule has 0 fully saturated rings. The zero-order valence-corrected chi connectivity index (χ0v) is 10.8. The Morgan fingerprint density at radius 2 is 2.25 bits per heavy atom. The van der Waals surface area contributed by atoms with Crippen molar-refractivity contribution in [1.29, 1.82) is 0 Å². The summed E-state index contributed by atoms with van der Waals surface area (Å²) in [7, 11) is 1.65. The topological polar surface area (TPSA) is 47.1 Å². The van der Waals surface area contributed by atoms with Gasteiger partial charge in [-0.25, -0.2) is 4.98 Å². The molecule has 5 heteroatoms. The Morgan fingerprint density at radius 3 is 2.81 bits per heavy atom. The van der Waals surface area contributed by atoms with Crippen LogP contribution in [0.25, 0.3) is 0 Å². The van der Waals surface area contributed by atoms with Crippen molar-refractivity contribution in [1.82, 2.24) is 9.97 Å². The van der Waals surface area contributed by atoms with E-state index in [1.807, 2.05) is 6.92 Å². The molecular formula is C11H18N2O2S. The Morgan fingerprint density at radius 1 is 1.50 bits per heavy atom. The van der Waals surface area contributed by atoms with E-state index in [1.165, 1.54) is 0 Å². The zero-order chi connectivity index (χ0) is 12.0. The lowest BCUT2D eigenvalue weighted by Crippen LogP contribution is -2.10. The number of nitrogens with zero attached hydrogens (tertiary/aromatic N) is 1. The standard InChI is InChI=1S/C11H18N2O2S/c1-4-9(15-5-2)11-12-8(7-14-3)6-10(16)13-11/h6,9H,4-5,7H2,1-3H3,(H,12,13,16). The Labute approximate surface area is 101 Å². The normalized spacial score (nSPS) is 12.7. The Hall–Kier alpha value is -0.780. The third-order valence-electron chi connectivity index (χ3n) is 2.16. The van der Waals surface area contributed by atoms with Gasteiger partial charge in [-0.1, -0.05) is 19.1 Å². The molecule has 0 bridgehead atoms. The van der Waals surface area contributed by atoms with E-state index in [-0.39, 0.29) is 6.10 Å². The summed E-state index contributed by atoms with van der Waals surface area (Å²) < 4.78 is 11.2. The highest BCUT2D eigenvalue weighted by atomic mass is 32.1. The number of rotatable bonds is 6. The van der Waals surface area contributed by atoms with Crippen LogP contribution in [0.3, 0.4) is 0 Å². The lowest BCUT2D eigenvalue weighted by atomic mass is 10.2. The minimum atomic E-state index is -0.0245. The van der Waals surface area contributed by atoms with E-state index in [9.17, 15) is 0 Å². The van der Waals surface area contributed by atoms with E-state index < -0.39 is 0 Å². The number of methoxy groups -OCH3 is 1. The van der Waals surface area contributed by atoms with Gasteiger partial charge < -0.3 is 14.5 Å². The molecule has 0 aliphatic rings. The molecule has 1 unspecified atom stereocenters. The fourth-order valence-electron chi connectivity index (χ4n) is 1.51. The Balaban J connectivity index is 2.97. The van der Waals surface area contributed by atoms with Crippen LogP contribution in [0, 0.1) is 4.64 Å². The van der Waals surface area contributed by atoms with Gasteiger partial charge in [0.05, 0.1) is 6.61 Å². The quantitative estimate of drug-likeness (QED) is 0.779. The van der Waals surface area contributed by atoms with Crippen LogP contribution in [-0.2, 0) is 16.1 Å². The maximum Gasteiger partial charge on any atom is 0.137 e. The number of aromatic amines is 1. The van der Waals surface area contributed by atoms with Crippen LogP contribution in [0.1, 0.15) is 37.9 Å². The third-order valence-corrected chi connectivity index (χ3v) is 2.37. The molecule has 0 saturated heterocycles. The van der Waals surface area contributed by atoms with E-state index in [1.54, 1.807) is 13.2 Å². The largest absolute Gasteiger partial charge is 0.378 e. The summed E-state index contributed by atoms with van der Waals surface area (Å²) in [5, 5.41) is 0. The van der Waals surface area contributed by atoms with E-state index >= 15 is 0 Å². The molecular weight excluding hydrogens is 224 g/mol. The summed E-state index contributed by atoms with van der Waals surface area (Å²) in [6.45, 7) is 5.19. The van der Waals surface area contributed by atoms with E-state index in [0.29, 0.717) is 17.9 Å². The van der Waals surface area contributed by atoms with E-state index in [0.717, 1.165) is 17.9 Å². The first-order valence-corrected chi connectivity index (χ1v) is 5.82. The predicted octanol–water partition coefficient (Wildman–Crippen LogP) is 2.77. The van der Waals surface area contributed by atoms with Crippen molar-refractivity contribution in [2.24, 2.45) is 0 Å². The molecule has 0 amide bonds. The predicted molar refractivity (Wildman–Crippen MR) is 64.8 cm³/mol. The third kappa shape index (κ3) is 3.66. The molecule has 1 aromatic heterocycles. The first kappa shape index (κ1) is 13.3. The highest BCUT2D eigenvalue weighted by Crippen LogP contribution is 2.17. The maximum absolute atomic E-state index is 5.58. The summed E-state index contributed by atoms with van der Waals surface area (Å²) >= 11 is 5.11. The summed E-state index contributed by atoms with van der Waals surface area (Å²) in [5.41, 5.74) is 0.927. The molecule has 1 N–H and O–H groups in total. The van der Waals surface area contributed by atoms with Gasteiger partial charge in [0.1, 0.15) is 16.6 Å². The number of ether oxygens (including phenoxy) is 2. The second-order valence-corrected chi connectivity index (χ2v) is 3.83. The first-order chi connectivity index (χ1) is 7.71. The van der Waals surface area contributed by atoms with Gasteiger partial charge in [-0.3, -0.25) is 0 Å². The van der Waals surface area contributed by atoms with Crippen LogP contribution in [0.4, 0.5) is 0 Å². The van der Waals surface area contributed by atoms with Crippen molar-refractivity contribution in [2.45, 2.75) is 33.0 Å². The average Bonchev–Trinajstić information content (AvgIpc) is 2.25. The Bertz CT molecular complexity index is 378. The molecule has 0 aliphatic heterocycles. The van der Waals surface area contributed by atoms with Crippen molar-refractivity contribution in [3.63, 3.8) is 0 Å². The van der Waals surface area contributed by atoms with Crippen molar-refractivity contribution in [3.8, 4) is 0 Å². The SMILES string of the molecule is CCOC(CC)c1nc(=S)cc(COC)[nH]1. The van der Waals surface area contributed by atoms with Gasteiger partial charge >= 0.3 is 0 Å². The minimum absolute atomic E-state index is 0.0245. The smallest absolute Gasteiger partial charge is 0.137 e. The van der Waals surface area contributed by atoms with Crippen LogP contribution in [0.5, 0.6) is 0 Å². The van der Waals surface area contributed by atoms with Crippen LogP contribution >= 0.6 is 12.2 Å². The number of hydrogen-bond acceptors (Lipinski definition) is 4. The molecule has 0 saturated carbocycles. The van der Waals surface area contributed by atoms with Crippen LogP contribution < -0.4 is 0 Å². The van der Waals surface area contributed by atoms with Gasteiger partial charge in [-0.2, -0.15) is 0 Å². The molecule has 0 spiro atoms. The van der Waals surface area contributed by atoms with Crippen molar-refractivity contribution in [2.75, 3.05) is 13.7 Å². The van der Waals surface area contributed by atoms with Crippen molar-refractivity contribution in [3.05, 3.63) is 22.2 Å². The van der Waals surface area contributed by atoms with Gasteiger partial charge in [-0.05, 0) is 19.4 Å². The van der Waals surface area contributed by atoms with Crippen molar-refractivity contribution < 1.29 is 9.47 Å². The zero-order valence-electron chi connectivity index (χ0n) is 9.95. The number of nitrogens with one attached hydrogen (secondary N) is 1. The summed E-state index contributed by atoms with van der Waals surface area (Å²) in [6, 6.07) is 1.81. The fraction of sp³-hybridized carbons (Fsp3) is 0.636. The van der Waals surface area contributed by atoms with Gasteiger partial charge in [0.15, 0.2) is 0 Å². The second kappa shape index (κ2) is 6.73.